The Bertz CT molecular complexity index is 352. The summed E-state index contributed by atoms with van der Waals surface area (Å²) in [6.45, 7) is 1.77. The molecule has 0 bridgehead atoms. The molecule has 0 heterocycles. The van der Waals surface area contributed by atoms with Gasteiger partial charge in [0.05, 0.1) is 0 Å². The molecule has 0 aliphatic rings. The number of nitrogens with two attached hydrogens (primary N) is 1. The summed E-state index contributed by atoms with van der Waals surface area (Å²) in [4.78, 5) is 10.4. The van der Waals surface area contributed by atoms with Crippen molar-refractivity contribution in [2.24, 2.45) is 5.73 Å². The van der Waals surface area contributed by atoms with Gasteiger partial charge in [0, 0.05) is 6.42 Å². The molecule has 1 rings (SSSR count). The van der Waals surface area contributed by atoms with Crippen LogP contribution in [0.25, 0.3) is 0 Å². The van der Waals surface area contributed by atoms with E-state index in [1.54, 1.807) is 19.1 Å². The van der Waals surface area contributed by atoms with Crippen molar-refractivity contribution in [3.05, 3.63) is 35.1 Å². The Morgan fingerprint density at radius 1 is 1.64 bits per heavy atom. The topological polar surface area (TPSA) is 63.3 Å². The van der Waals surface area contributed by atoms with Crippen LogP contribution in [0.3, 0.4) is 0 Å². The summed E-state index contributed by atoms with van der Waals surface area (Å²) in [5, 5.41) is 8.54. The predicted octanol–water partition coefficient (Wildman–Crippen LogP) is 1.09. The number of aliphatic carboxylic acids is 1. The molecule has 0 fully saturated rings. The molecular formula is C10H12FNO2. The Balaban J connectivity index is 2.82. The van der Waals surface area contributed by atoms with Crippen LogP contribution in [0.2, 0.25) is 0 Å². The quantitative estimate of drug-likeness (QED) is 0.762. The maximum absolute atomic E-state index is 13.2. The lowest BCUT2D eigenvalue weighted by Crippen LogP contribution is -2.32. The molecule has 0 aliphatic carbocycles. The summed E-state index contributed by atoms with van der Waals surface area (Å²) in [7, 11) is 0. The average Bonchev–Trinajstić information content (AvgIpc) is 2.09. The summed E-state index contributed by atoms with van der Waals surface area (Å²) in [6, 6.07) is 3.61. The second kappa shape index (κ2) is 4.19. The van der Waals surface area contributed by atoms with Gasteiger partial charge < -0.3 is 10.8 Å². The van der Waals surface area contributed by atoms with E-state index in [-0.39, 0.29) is 6.42 Å². The number of rotatable bonds is 3. The van der Waals surface area contributed by atoms with Crippen LogP contribution in [0, 0.1) is 12.7 Å². The molecule has 76 valence electrons. The zero-order chi connectivity index (χ0) is 10.7. The molecule has 0 unspecified atom stereocenters. The molecule has 0 amide bonds. The van der Waals surface area contributed by atoms with E-state index in [4.69, 9.17) is 10.8 Å². The first-order valence-corrected chi connectivity index (χ1v) is 4.24. The minimum atomic E-state index is -1.12. The Morgan fingerprint density at radius 2 is 2.29 bits per heavy atom. The number of benzene rings is 1. The highest BCUT2D eigenvalue weighted by Crippen LogP contribution is 2.11. The Labute approximate surface area is 81.4 Å². The average molecular weight is 197 g/mol. The van der Waals surface area contributed by atoms with E-state index in [1.165, 1.54) is 6.07 Å². The monoisotopic (exact) mass is 197 g/mol. The molecule has 14 heavy (non-hydrogen) atoms. The van der Waals surface area contributed by atoms with Crippen molar-refractivity contribution < 1.29 is 14.3 Å². The number of carboxylic acids is 1. The van der Waals surface area contributed by atoms with Gasteiger partial charge in [-0.05, 0) is 24.1 Å². The van der Waals surface area contributed by atoms with E-state index < -0.39 is 17.8 Å². The van der Waals surface area contributed by atoms with Crippen molar-refractivity contribution in [1.82, 2.24) is 0 Å². The Hall–Kier alpha value is -1.42. The fraction of sp³-hybridized carbons (Fsp3) is 0.300. The fourth-order valence-electron chi connectivity index (χ4n) is 1.14. The lowest BCUT2D eigenvalue weighted by Gasteiger charge is -2.07. The molecule has 1 aromatic carbocycles. The highest BCUT2D eigenvalue weighted by molar-refractivity contribution is 5.73. The van der Waals surface area contributed by atoms with E-state index >= 15 is 0 Å². The third-order valence-electron chi connectivity index (χ3n) is 1.97. The first kappa shape index (κ1) is 10.7. The molecule has 3 nitrogen and oxygen atoms in total. The van der Waals surface area contributed by atoms with Crippen LogP contribution in [0.1, 0.15) is 11.1 Å². The number of carboxylic acid groups (broad SMARTS) is 1. The first-order chi connectivity index (χ1) is 6.50. The third kappa shape index (κ3) is 2.53. The molecule has 1 atom stereocenters. The van der Waals surface area contributed by atoms with Gasteiger partial charge in [-0.1, -0.05) is 12.1 Å². The summed E-state index contributed by atoms with van der Waals surface area (Å²) >= 11 is 0. The lowest BCUT2D eigenvalue weighted by atomic mass is 10.0. The van der Waals surface area contributed by atoms with Gasteiger partial charge >= 0.3 is 5.97 Å². The predicted molar refractivity (Wildman–Crippen MR) is 50.5 cm³/mol. The number of hydrogen-bond donors (Lipinski definition) is 2. The van der Waals surface area contributed by atoms with Gasteiger partial charge in [0.1, 0.15) is 11.9 Å². The maximum Gasteiger partial charge on any atom is 0.320 e. The lowest BCUT2D eigenvalue weighted by molar-refractivity contribution is -0.138. The number of hydrogen-bond acceptors (Lipinski definition) is 2. The molecule has 3 N–H and O–H groups in total. The van der Waals surface area contributed by atoms with E-state index in [2.05, 4.69) is 0 Å². The highest BCUT2D eigenvalue weighted by atomic mass is 19.1. The van der Waals surface area contributed by atoms with Gasteiger partial charge in [-0.3, -0.25) is 4.79 Å². The standard InChI is InChI=1S/C10H12FNO2/c1-6-2-3-7(8(11)4-6)5-9(12)10(13)14/h2-4,9H,5,12H2,1H3,(H,13,14)/t9-/m0/s1. The summed E-state index contributed by atoms with van der Waals surface area (Å²) in [6.07, 6.45) is 0.0153. The van der Waals surface area contributed by atoms with Crippen molar-refractivity contribution in [2.45, 2.75) is 19.4 Å². The number of carbonyl (C=O) groups is 1. The van der Waals surface area contributed by atoms with Crippen LogP contribution < -0.4 is 5.73 Å². The third-order valence-corrected chi connectivity index (χ3v) is 1.97. The fourth-order valence-corrected chi connectivity index (χ4v) is 1.14. The second-order valence-corrected chi connectivity index (χ2v) is 3.24. The van der Waals surface area contributed by atoms with Crippen LogP contribution in [0.4, 0.5) is 4.39 Å². The van der Waals surface area contributed by atoms with E-state index in [0.29, 0.717) is 5.56 Å². The van der Waals surface area contributed by atoms with Crippen molar-refractivity contribution in [3.8, 4) is 0 Å². The SMILES string of the molecule is Cc1ccc(C[C@H](N)C(=O)O)c(F)c1. The smallest absolute Gasteiger partial charge is 0.320 e. The van der Waals surface area contributed by atoms with Crippen LogP contribution in [0.5, 0.6) is 0 Å². The second-order valence-electron chi connectivity index (χ2n) is 3.24. The van der Waals surface area contributed by atoms with E-state index in [0.717, 1.165) is 5.56 Å². The minimum Gasteiger partial charge on any atom is -0.480 e. The Morgan fingerprint density at radius 3 is 2.79 bits per heavy atom. The van der Waals surface area contributed by atoms with Gasteiger partial charge in [-0.25, -0.2) is 4.39 Å². The van der Waals surface area contributed by atoms with Gasteiger partial charge in [0.25, 0.3) is 0 Å². The van der Waals surface area contributed by atoms with Gasteiger partial charge in [0.2, 0.25) is 0 Å². The zero-order valence-corrected chi connectivity index (χ0v) is 7.83. The van der Waals surface area contributed by atoms with Crippen LogP contribution in [-0.2, 0) is 11.2 Å². The normalized spacial score (nSPS) is 12.5. The van der Waals surface area contributed by atoms with E-state index in [1.807, 2.05) is 0 Å². The van der Waals surface area contributed by atoms with Crippen molar-refractivity contribution in [2.75, 3.05) is 0 Å². The molecule has 0 saturated carbocycles. The number of aryl methyl sites for hydroxylation is 1. The zero-order valence-electron chi connectivity index (χ0n) is 7.83. The maximum atomic E-state index is 13.2. The molecule has 0 aliphatic heterocycles. The van der Waals surface area contributed by atoms with Gasteiger partial charge in [0.15, 0.2) is 0 Å². The minimum absolute atomic E-state index is 0.0153. The summed E-state index contributed by atoms with van der Waals surface area (Å²) < 4.78 is 13.2. The van der Waals surface area contributed by atoms with E-state index in [9.17, 15) is 9.18 Å². The molecule has 0 aromatic heterocycles. The van der Waals surface area contributed by atoms with Gasteiger partial charge in [-0.15, -0.1) is 0 Å². The molecule has 4 heteroatoms. The molecule has 0 saturated heterocycles. The van der Waals surface area contributed by atoms with Crippen molar-refractivity contribution in [3.63, 3.8) is 0 Å². The molecule has 0 spiro atoms. The number of halogens is 1. The van der Waals surface area contributed by atoms with Gasteiger partial charge in [-0.2, -0.15) is 0 Å². The van der Waals surface area contributed by atoms with Crippen molar-refractivity contribution >= 4 is 5.97 Å². The van der Waals surface area contributed by atoms with Crippen LogP contribution in [-0.4, -0.2) is 17.1 Å². The Kier molecular flexibility index (Phi) is 3.19. The molecule has 1 aromatic rings. The van der Waals surface area contributed by atoms with Crippen molar-refractivity contribution in [1.29, 1.82) is 0 Å². The molecular weight excluding hydrogens is 185 g/mol. The highest BCUT2D eigenvalue weighted by Gasteiger charge is 2.14. The first-order valence-electron chi connectivity index (χ1n) is 4.24. The summed E-state index contributed by atoms with van der Waals surface area (Å²) in [5.41, 5.74) is 6.43. The molecule has 0 radical (unpaired) electrons. The largest absolute Gasteiger partial charge is 0.480 e. The van der Waals surface area contributed by atoms with Crippen LogP contribution in [0.15, 0.2) is 18.2 Å². The summed E-state index contributed by atoms with van der Waals surface area (Å²) in [5.74, 6) is -1.52. The van der Waals surface area contributed by atoms with Crippen LogP contribution >= 0.6 is 0 Å².